The zero-order valence-corrected chi connectivity index (χ0v) is 21.8. The van der Waals surface area contributed by atoms with Crippen LogP contribution in [0.5, 0.6) is 5.75 Å². The second-order valence-electron chi connectivity index (χ2n) is 9.37. The van der Waals surface area contributed by atoms with Crippen LogP contribution in [0, 0.1) is 0 Å². The van der Waals surface area contributed by atoms with E-state index in [2.05, 4.69) is 24.3 Å². The molecule has 212 valence electrons. The van der Waals surface area contributed by atoms with Gasteiger partial charge in [-0.05, 0) is 41.3 Å². The highest BCUT2D eigenvalue weighted by molar-refractivity contribution is 5.87. The van der Waals surface area contributed by atoms with Gasteiger partial charge in [0.15, 0.2) is 0 Å². The topological polar surface area (TPSA) is 154 Å². The molecule has 0 amide bonds. The number of carbonyl (C=O) groups is 2. The normalized spacial score (nSPS) is 20.5. The molecule has 3 aromatic carbocycles. The van der Waals surface area contributed by atoms with Crippen LogP contribution in [-0.2, 0) is 14.3 Å². The molecular formula is C31H34O9. The van der Waals surface area contributed by atoms with Gasteiger partial charge in [0.1, 0.15) is 18.0 Å². The van der Waals surface area contributed by atoms with Crippen molar-refractivity contribution in [2.24, 2.45) is 0 Å². The van der Waals surface area contributed by atoms with Crippen LogP contribution < -0.4 is 0 Å². The summed E-state index contributed by atoms with van der Waals surface area (Å²) in [6, 6.07) is 26.9. The van der Waals surface area contributed by atoms with Crippen molar-refractivity contribution in [3.8, 4) is 5.75 Å². The van der Waals surface area contributed by atoms with Crippen molar-refractivity contribution in [3.05, 3.63) is 108 Å². The molecule has 40 heavy (non-hydrogen) atoms. The van der Waals surface area contributed by atoms with Gasteiger partial charge in [0.2, 0.25) is 0 Å². The van der Waals surface area contributed by atoms with E-state index in [0.717, 1.165) is 12.0 Å². The summed E-state index contributed by atoms with van der Waals surface area (Å²) < 4.78 is 11.6. The molecule has 1 aliphatic carbocycles. The first-order valence-electron chi connectivity index (χ1n) is 12.9. The van der Waals surface area contributed by atoms with Gasteiger partial charge in [0.25, 0.3) is 0 Å². The highest BCUT2D eigenvalue weighted by Crippen LogP contribution is 2.30. The molecule has 9 heteroatoms. The Balaban J connectivity index is 0.00000103. The monoisotopic (exact) mass is 550 g/mol. The number of phenolic OH excluding ortho intramolecular Hbond substituents is 1. The lowest BCUT2D eigenvalue weighted by Gasteiger charge is -2.36. The van der Waals surface area contributed by atoms with Gasteiger partial charge in [-0.2, -0.15) is 0 Å². The van der Waals surface area contributed by atoms with E-state index in [1.807, 2.05) is 36.4 Å². The highest BCUT2D eigenvalue weighted by Gasteiger charge is 2.38. The number of carbonyl (C=O) groups excluding carboxylic acids is 1. The molecule has 4 rings (SSSR count). The summed E-state index contributed by atoms with van der Waals surface area (Å²) in [4.78, 5) is 20.9. The van der Waals surface area contributed by atoms with E-state index in [9.17, 15) is 20.1 Å². The molecule has 1 saturated carbocycles. The van der Waals surface area contributed by atoms with E-state index in [-0.39, 0.29) is 24.2 Å². The van der Waals surface area contributed by atoms with Gasteiger partial charge < -0.3 is 35.0 Å². The summed E-state index contributed by atoms with van der Waals surface area (Å²) in [5.74, 6) is -0.308. The van der Waals surface area contributed by atoms with Crippen LogP contribution in [-0.4, -0.2) is 68.7 Å². The van der Waals surface area contributed by atoms with Gasteiger partial charge in [-0.3, -0.25) is 0 Å². The van der Waals surface area contributed by atoms with Gasteiger partial charge >= 0.3 is 12.1 Å². The van der Waals surface area contributed by atoms with Crippen molar-refractivity contribution in [1.82, 2.24) is 0 Å². The summed E-state index contributed by atoms with van der Waals surface area (Å²) in [5.41, 5.74) is 3.14. The van der Waals surface area contributed by atoms with Gasteiger partial charge in [-0.15, -0.1) is 0 Å². The van der Waals surface area contributed by atoms with Crippen LogP contribution in [0.15, 0.2) is 91.0 Å². The quantitative estimate of drug-likeness (QED) is 0.189. The lowest BCUT2D eigenvalue weighted by molar-refractivity contribution is -0.170. The molecule has 0 aliphatic heterocycles. The van der Waals surface area contributed by atoms with Gasteiger partial charge in [-0.25, -0.2) is 9.59 Å². The minimum Gasteiger partial charge on any atom is -0.508 e. The van der Waals surface area contributed by atoms with Gasteiger partial charge in [-0.1, -0.05) is 72.8 Å². The molecule has 4 atom stereocenters. The number of esters is 1. The van der Waals surface area contributed by atoms with Crippen LogP contribution in [0.25, 0.3) is 6.08 Å². The Hall–Kier alpha value is -4.18. The van der Waals surface area contributed by atoms with Crippen LogP contribution in [0.3, 0.4) is 0 Å². The Kier molecular flexibility index (Phi) is 11.7. The van der Waals surface area contributed by atoms with E-state index < -0.39 is 30.4 Å². The molecule has 0 saturated heterocycles. The van der Waals surface area contributed by atoms with Crippen molar-refractivity contribution in [2.75, 3.05) is 6.61 Å². The van der Waals surface area contributed by atoms with Crippen LogP contribution in [0.1, 0.15) is 41.9 Å². The average Bonchev–Trinajstić information content (AvgIpc) is 2.94. The largest absolute Gasteiger partial charge is 0.508 e. The standard InChI is InChI=1S/C30H32O6.CH2O3/c31-24-14-11-21(12-15-24)13-16-29(33)36-28-20-25(19-27(32)30(28)34)35-18-17-26(22-7-3-1-4-8-22)23-9-5-2-6-10-23;2-1(3)4/h1-16,25-28,30-32,34H,17-20H2;(H2,2,3,4)/b16-13+;/t25-,27-,28+,30+;/m0./s1. The Bertz CT molecular complexity index is 1170. The van der Waals surface area contributed by atoms with Crippen molar-refractivity contribution >= 4 is 18.2 Å². The first kappa shape index (κ1) is 30.4. The zero-order chi connectivity index (χ0) is 28.9. The van der Waals surface area contributed by atoms with Crippen molar-refractivity contribution in [1.29, 1.82) is 0 Å². The number of carboxylic acid groups (broad SMARTS) is 2. The summed E-state index contributed by atoms with van der Waals surface area (Å²) >= 11 is 0. The van der Waals surface area contributed by atoms with E-state index >= 15 is 0 Å². The molecule has 0 spiro atoms. The molecule has 1 fully saturated rings. The van der Waals surface area contributed by atoms with Crippen molar-refractivity contribution in [2.45, 2.75) is 49.6 Å². The fraction of sp³-hybridized carbons (Fsp3) is 0.290. The van der Waals surface area contributed by atoms with E-state index in [4.69, 9.17) is 24.5 Å². The predicted molar refractivity (Wildman–Crippen MR) is 148 cm³/mol. The molecular weight excluding hydrogens is 516 g/mol. The third kappa shape index (κ3) is 9.85. The number of hydrogen-bond donors (Lipinski definition) is 5. The molecule has 3 aromatic rings. The maximum atomic E-state index is 12.3. The van der Waals surface area contributed by atoms with Crippen molar-refractivity contribution in [3.63, 3.8) is 0 Å². The third-order valence-corrected chi connectivity index (χ3v) is 6.51. The predicted octanol–water partition coefficient (Wildman–Crippen LogP) is 4.66. The summed E-state index contributed by atoms with van der Waals surface area (Å²) in [6.07, 6.45) is -1.08. The second kappa shape index (κ2) is 15.4. The molecule has 0 heterocycles. The average molecular weight is 551 g/mol. The molecule has 0 bridgehead atoms. The Morgan fingerprint density at radius 2 is 1.40 bits per heavy atom. The Labute approximate surface area is 232 Å². The number of aliphatic hydroxyl groups is 2. The zero-order valence-electron chi connectivity index (χ0n) is 21.8. The number of hydrogen-bond acceptors (Lipinski definition) is 7. The van der Waals surface area contributed by atoms with E-state index in [0.29, 0.717) is 13.0 Å². The van der Waals surface area contributed by atoms with E-state index in [1.165, 1.54) is 29.3 Å². The maximum absolute atomic E-state index is 12.3. The SMILES string of the molecule is O=C(/C=C/c1ccc(O)cc1)O[C@@H]1C[C@@H](OCCC(c2ccccc2)c2ccccc2)C[C@H](O)[C@H]1O.O=C(O)O. The number of phenols is 1. The molecule has 9 nitrogen and oxygen atoms in total. The lowest BCUT2D eigenvalue weighted by Crippen LogP contribution is -2.48. The molecule has 0 aromatic heterocycles. The highest BCUT2D eigenvalue weighted by atomic mass is 16.6. The number of benzene rings is 3. The fourth-order valence-corrected chi connectivity index (χ4v) is 4.59. The number of rotatable bonds is 9. The van der Waals surface area contributed by atoms with Crippen LogP contribution >= 0.6 is 0 Å². The Morgan fingerprint density at radius 3 is 1.95 bits per heavy atom. The summed E-state index contributed by atoms with van der Waals surface area (Å²) in [7, 11) is 0. The smallest absolute Gasteiger partial charge is 0.503 e. The van der Waals surface area contributed by atoms with Gasteiger partial charge in [0.05, 0.1) is 12.2 Å². The fourth-order valence-electron chi connectivity index (χ4n) is 4.59. The maximum Gasteiger partial charge on any atom is 0.503 e. The van der Waals surface area contributed by atoms with Gasteiger partial charge in [0, 0.05) is 31.4 Å². The second-order valence-corrected chi connectivity index (χ2v) is 9.37. The van der Waals surface area contributed by atoms with E-state index in [1.54, 1.807) is 18.2 Å². The minimum atomic E-state index is -1.83. The summed E-state index contributed by atoms with van der Waals surface area (Å²) in [6.45, 7) is 0.462. The summed E-state index contributed by atoms with van der Waals surface area (Å²) in [5, 5.41) is 44.1. The molecule has 0 radical (unpaired) electrons. The molecule has 0 unspecified atom stereocenters. The number of ether oxygens (including phenoxy) is 2. The Morgan fingerprint density at radius 1 is 0.850 bits per heavy atom. The lowest BCUT2D eigenvalue weighted by atomic mass is 9.88. The number of aliphatic hydroxyl groups excluding tert-OH is 2. The minimum absolute atomic E-state index is 0.138. The first-order chi connectivity index (χ1) is 19.2. The third-order valence-electron chi connectivity index (χ3n) is 6.51. The number of aromatic hydroxyl groups is 1. The molecule has 1 aliphatic rings. The molecule has 5 N–H and O–H groups in total. The van der Waals surface area contributed by atoms with Crippen LogP contribution in [0.4, 0.5) is 4.79 Å². The van der Waals surface area contributed by atoms with Crippen molar-refractivity contribution < 1.29 is 44.6 Å². The van der Waals surface area contributed by atoms with Crippen LogP contribution in [0.2, 0.25) is 0 Å². The first-order valence-corrected chi connectivity index (χ1v) is 12.9.